The summed E-state index contributed by atoms with van der Waals surface area (Å²) < 4.78 is 15.2. The van der Waals surface area contributed by atoms with E-state index in [0.29, 0.717) is 6.42 Å². The quantitative estimate of drug-likeness (QED) is 0.795. The Hall–Kier alpha value is -1.72. The molecule has 98 valence electrons. The van der Waals surface area contributed by atoms with Crippen molar-refractivity contribution in [1.29, 1.82) is 0 Å². The van der Waals surface area contributed by atoms with Crippen LogP contribution in [0.3, 0.4) is 0 Å². The van der Waals surface area contributed by atoms with Crippen LogP contribution in [0.25, 0.3) is 4.96 Å². The van der Waals surface area contributed by atoms with Crippen molar-refractivity contribution in [2.75, 3.05) is 6.61 Å². The molecular formula is C14H13FN2OS. The second-order valence-electron chi connectivity index (χ2n) is 4.46. The van der Waals surface area contributed by atoms with Gasteiger partial charge in [-0.05, 0) is 17.7 Å². The van der Waals surface area contributed by atoms with Crippen LogP contribution < -0.4 is 0 Å². The minimum absolute atomic E-state index is 0.0192. The van der Waals surface area contributed by atoms with Crippen molar-refractivity contribution in [3.05, 3.63) is 59.1 Å². The first kappa shape index (κ1) is 12.3. The molecule has 0 fully saturated rings. The van der Waals surface area contributed by atoms with Crippen LogP contribution in [-0.4, -0.2) is 21.1 Å². The standard InChI is InChI=1S/C14H13FN2OS/c15-12-3-1-2-10(6-12)11(9-18)7-13-8-17-4-5-19-14(17)16-13/h1-6,8,11,18H,7,9H2. The van der Waals surface area contributed by atoms with Crippen LogP contribution in [0.2, 0.25) is 0 Å². The molecule has 2 heterocycles. The van der Waals surface area contributed by atoms with E-state index in [9.17, 15) is 9.50 Å². The van der Waals surface area contributed by atoms with Crippen molar-refractivity contribution in [2.45, 2.75) is 12.3 Å². The summed E-state index contributed by atoms with van der Waals surface area (Å²) in [6, 6.07) is 6.38. The molecular weight excluding hydrogens is 263 g/mol. The van der Waals surface area contributed by atoms with E-state index in [1.807, 2.05) is 28.2 Å². The Morgan fingerprint density at radius 3 is 3.05 bits per heavy atom. The third-order valence-corrected chi connectivity index (χ3v) is 3.91. The van der Waals surface area contributed by atoms with E-state index >= 15 is 0 Å². The lowest BCUT2D eigenvalue weighted by Crippen LogP contribution is -2.08. The van der Waals surface area contributed by atoms with Crippen LogP contribution in [0.4, 0.5) is 4.39 Å². The molecule has 2 aromatic heterocycles. The molecule has 19 heavy (non-hydrogen) atoms. The first-order valence-corrected chi connectivity index (χ1v) is 6.91. The average molecular weight is 276 g/mol. The first-order valence-electron chi connectivity index (χ1n) is 6.03. The summed E-state index contributed by atoms with van der Waals surface area (Å²) in [5.74, 6) is -0.401. The van der Waals surface area contributed by atoms with Crippen LogP contribution >= 0.6 is 11.3 Å². The van der Waals surface area contributed by atoms with Crippen molar-refractivity contribution in [2.24, 2.45) is 0 Å². The van der Waals surface area contributed by atoms with E-state index in [0.717, 1.165) is 16.2 Å². The maximum Gasteiger partial charge on any atom is 0.193 e. The summed E-state index contributed by atoms with van der Waals surface area (Å²) in [5, 5.41) is 11.5. The molecule has 1 atom stereocenters. The van der Waals surface area contributed by atoms with Crippen LogP contribution in [0.1, 0.15) is 17.2 Å². The molecule has 3 nitrogen and oxygen atoms in total. The molecule has 0 aliphatic rings. The van der Waals surface area contributed by atoms with Gasteiger partial charge in [-0.15, -0.1) is 11.3 Å². The smallest absolute Gasteiger partial charge is 0.193 e. The minimum atomic E-state index is -0.276. The molecule has 3 rings (SSSR count). The maximum atomic E-state index is 13.2. The molecule has 0 radical (unpaired) electrons. The van der Waals surface area contributed by atoms with Crippen molar-refractivity contribution in [3.8, 4) is 0 Å². The number of fused-ring (bicyclic) bond motifs is 1. The van der Waals surface area contributed by atoms with Crippen molar-refractivity contribution < 1.29 is 9.50 Å². The predicted molar refractivity (Wildman–Crippen MR) is 73.0 cm³/mol. The summed E-state index contributed by atoms with van der Waals surface area (Å²) in [6.45, 7) is -0.0192. The number of nitrogens with zero attached hydrogens (tertiary/aromatic N) is 2. The van der Waals surface area contributed by atoms with Crippen LogP contribution in [0.15, 0.2) is 42.0 Å². The van der Waals surface area contributed by atoms with Crippen molar-refractivity contribution >= 4 is 16.3 Å². The molecule has 0 amide bonds. The number of rotatable bonds is 4. The Balaban J connectivity index is 1.85. The zero-order valence-electron chi connectivity index (χ0n) is 10.2. The highest BCUT2D eigenvalue weighted by molar-refractivity contribution is 7.15. The van der Waals surface area contributed by atoms with Gasteiger partial charge in [0.05, 0.1) is 12.3 Å². The Morgan fingerprint density at radius 2 is 2.32 bits per heavy atom. The maximum absolute atomic E-state index is 13.2. The molecule has 0 aliphatic carbocycles. The molecule has 0 spiro atoms. The zero-order chi connectivity index (χ0) is 13.2. The minimum Gasteiger partial charge on any atom is -0.396 e. The number of imidazole rings is 1. The van der Waals surface area contributed by atoms with Gasteiger partial charge in [0, 0.05) is 30.1 Å². The predicted octanol–water partition coefficient (Wildman–Crippen LogP) is 2.85. The lowest BCUT2D eigenvalue weighted by Gasteiger charge is -2.13. The largest absolute Gasteiger partial charge is 0.396 e. The molecule has 0 saturated heterocycles. The van der Waals surface area contributed by atoms with Gasteiger partial charge in [-0.2, -0.15) is 0 Å². The van der Waals surface area contributed by atoms with E-state index in [1.165, 1.54) is 12.1 Å². The summed E-state index contributed by atoms with van der Waals surface area (Å²) in [5.41, 5.74) is 1.72. The Morgan fingerprint density at radius 1 is 1.42 bits per heavy atom. The molecule has 0 aliphatic heterocycles. The molecule has 1 unspecified atom stereocenters. The van der Waals surface area contributed by atoms with Gasteiger partial charge in [0.1, 0.15) is 5.82 Å². The number of thiazole rings is 1. The molecule has 5 heteroatoms. The Labute approximate surface area is 114 Å². The monoisotopic (exact) mass is 276 g/mol. The third-order valence-electron chi connectivity index (χ3n) is 3.14. The normalized spacial score (nSPS) is 12.9. The lowest BCUT2D eigenvalue weighted by molar-refractivity contribution is 0.263. The molecule has 0 saturated carbocycles. The van der Waals surface area contributed by atoms with Gasteiger partial charge in [-0.25, -0.2) is 9.37 Å². The van der Waals surface area contributed by atoms with E-state index in [2.05, 4.69) is 4.98 Å². The number of hydrogen-bond donors (Lipinski definition) is 1. The van der Waals surface area contributed by atoms with Gasteiger partial charge in [-0.1, -0.05) is 12.1 Å². The number of aromatic nitrogens is 2. The summed E-state index contributed by atoms with van der Waals surface area (Å²) in [6.07, 6.45) is 4.51. The fraction of sp³-hybridized carbons (Fsp3) is 0.214. The zero-order valence-corrected chi connectivity index (χ0v) is 11.0. The number of aliphatic hydroxyl groups is 1. The first-order chi connectivity index (χ1) is 9.26. The molecule has 1 aromatic carbocycles. The second-order valence-corrected chi connectivity index (χ2v) is 5.34. The third kappa shape index (κ3) is 2.52. The molecule has 0 bridgehead atoms. The summed E-state index contributed by atoms with van der Waals surface area (Å²) in [7, 11) is 0. The highest BCUT2D eigenvalue weighted by atomic mass is 32.1. The number of aliphatic hydroxyl groups excluding tert-OH is 1. The molecule has 1 N–H and O–H groups in total. The van der Waals surface area contributed by atoms with Crippen LogP contribution in [0.5, 0.6) is 0 Å². The van der Waals surface area contributed by atoms with E-state index < -0.39 is 0 Å². The fourth-order valence-corrected chi connectivity index (χ4v) is 2.89. The summed E-state index contributed by atoms with van der Waals surface area (Å²) in [4.78, 5) is 5.42. The van der Waals surface area contributed by atoms with Crippen molar-refractivity contribution in [3.63, 3.8) is 0 Å². The second kappa shape index (κ2) is 5.11. The average Bonchev–Trinajstić information content (AvgIpc) is 2.96. The summed E-state index contributed by atoms with van der Waals surface area (Å²) >= 11 is 1.57. The highest BCUT2D eigenvalue weighted by Crippen LogP contribution is 2.22. The van der Waals surface area contributed by atoms with Crippen molar-refractivity contribution in [1.82, 2.24) is 9.38 Å². The van der Waals surface area contributed by atoms with E-state index in [4.69, 9.17) is 0 Å². The fourth-order valence-electron chi connectivity index (χ4n) is 2.18. The van der Waals surface area contributed by atoms with Gasteiger partial charge in [0.15, 0.2) is 4.96 Å². The Kier molecular flexibility index (Phi) is 3.31. The highest BCUT2D eigenvalue weighted by Gasteiger charge is 2.14. The number of benzene rings is 1. The lowest BCUT2D eigenvalue weighted by atomic mass is 9.95. The van der Waals surface area contributed by atoms with Gasteiger partial charge in [0.2, 0.25) is 0 Å². The number of halogens is 1. The van der Waals surface area contributed by atoms with Gasteiger partial charge in [-0.3, -0.25) is 4.40 Å². The Bertz CT molecular complexity index is 663. The van der Waals surface area contributed by atoms with Gasteiger partial charge in [0.25, 0.3) is 0 Å². The SMILES string of the molecule is OCC(Cc1cn2ccsc2n1)c1cccc(F)c1. The van der Waals surface area contributed by atoms with Crippen LogP contribution in [0, 0.1) is 5.82 Å². The number of hydrogen-bond acceptors (Lipinski definition) is 3. The molecule has 3 aromatic rings. The van der Waals surface area contributed by atoms with Crippen LogP contribution in [-0.2, 0) is 6.42 Å². The van der Waals surface area contributed by atoms with Gasteiger partial charge >= 0.3 is 0 Å². The topological polar surface area (TPSA) is 37.5 Å². The van der Waals surface area contributed by atoms with E-state index in [1.54, 1.807) is 17.4 Å². The van der Waals surface area contributed by atoms with E-state index in [-0.39, 0.29) is 18.3 Å². The van der Waals surface area contributed by atoms with Gasteiger partial charge < -0.3 is 5.11 Å².